The molecule has 4 aromatic rings. The molecule has 1 fully saturated rings. The van der Waals surface area contributed by atoms with Gasteiger partial charge in [0, 0.05) is 23.9 Å². The number of rotatable bonds is 7. The first-order valence-electron chi connectivity index (χ1n) is 12.5. The number of H-pyrrole nitrogens is 1. The summed E-state index contributed by atoms with van der Waals surface area (Å²) < 4.78 is 4.28. The summed E-state index contributed by atoms with van der Waals surface area (Å²) in [4.78, 5) is 37.5. The fraction of sp³-hybridized carbons (Fsp3) is 0.400. The van der Waals surface area contributed by atoms with Crippen LogP contribution in [-0.4, -0.2) is 50.5 Å². The molecule has 5 rings (SSSR count). The average molecular weight is 491 g/mol. The van der Waals surface area contributed by atoms with Crippen LogP contribution in [0.2, 0.25) is 0 Å². The summed E-state index contributed by atoms with van der Waals surface area (Å²) in [6.07, 6.45) is 3.58. The summed E-state index contributed by atoms with van der Waals surface area (Å²) in [5.74, 6) is 0.556. The quantitative estimate of drug-likeness (QED) is 0.246. The number of aromatic nitrogens is 5. The van der Waals surface area contributed by atoms with Crippen LogP contribution in [0.15, 0.2) is 30.5 Å². The summed E-state index contributed by atoms with van der Waals surface area (Å²) >= 11 is 0. The third kappa shape index (κ3) is 4.37. The minimum absolute atomic E-state index is 0.0558. The number of amides is 2. The first kappa shape index (κ1) is 23.7. The van der Waals surface area contributed by atoms with Crippen LogP contribution in [0.3, 0.4) is 0 Å². The number of aromatic amines is 1. The summed E-state index contributed by atoms with van der Waals surface area (Å²) in [5, 5.41) is 9.44. The van der Waals surface area contributed by atoms with E-state index in [0.717, 1.165) is 42.8 Å². The Balaban J connectivity index is 1.41. The Morgan fingerprint density at radius 3 is 2.72 bits per heavy atom. The van der Waals surface area contributed by atoms with Crippen molar-refractivity contribution < 1.29 is 14.2 Å². The number of anilines is 1. The second kappa shape index (κ2) is 9.94. The highest BCUT2D eigenvalue weighted by molar-refractivity contribution is 5.98. The summed E-state index contributed by atoms with van der Waals surface area (Å²) in [7, 11) is 0. The van der Waals surface area contributed by atoms with Crippen LogP contribution >= 0.6 is 0 Å². The second-order valence-corrected chi connectivity index (χ2v) is 8.96. The van der Waals surface area contributed by atoms with Crippen LogP contribution in [-0.2, 0) is 19.6 Å². The van der Waals surface area contributed by atoms with Crippen LogP contribution in [0.25, 0.3) is 22.2 Å². The molecule has 0 saturated carbocycles. The molecule has 0 spiro atoms. The Morgan fingerprint density at radius 1 is 1.17 bits per heavy atom. The smallest absolute Gasteiger partial charge is 0.277 e. The van der Waals surface area contributed by atoms with Gasteiger partial charge in [0.15, 0.2) is 28.2 Å². The number of aryl methyl sites for hydroxylation is 2. The number of carbonyl (C=O) groups excluding carboxylic acids is 2. The van der Waals surface area contributed by atoms with Crippen LogP contribution in [0.1, 0.15) is 53.4 Å². The monoisotopic (exact) mass is 490 g/mol. The zero-order valence-corrected chi connectivity index (χ0v) is 20.6. The van der Waals surface area contributed by atoms with Gasteiger partial charge < -0.3 is 26.7 Å². The summed E-state index contributed by atoms with van der Waals surface area (Å²) in [6, 6.07) is 7.74. The molecule has 1 aromatic carbocycles. The van der Waals surface area contributed by atoms with Gasteiger partial charge in [-0.05, 0) is 58.0 Å². The first-order valence-corrected chi connectivity index (χ1v) is 12.5. The SMILES string of the molecule is CCn1c(CNC(=O)c2nc3cc[nH]c3nc2N)[n+](CC)c2ccc(C(=O)NC3CCNCC3)cc21. The molecule has 6 N–H and O–H groups in total. The number of hydrogen-bond acceptors (Lipinski definition) is 6. The van der Waals surface area contributed by atoms with Crippen molar-refractivity contribution in [3.8, 4) is 0 Å². The summed E-state index contributed by atoms with van der Waals surface area (Å²) in [5.41, 5.74) is 9.81. The van der Waals surface area contributed by atoms with E-state index in [9.17, 15) is 9.59 Å². The normalized spacial score (nSPS) is 14.4. The van der Waals surface area contributed by atoms with Gasteiger partial charge in [0.1, 0.15) is 12.1 Å². The topological polar surface area (TPSA) is 147 Å². The van der Waals surface area contributed by atoms with Crippen molar-refractivity contribution in [3.63, 3.8) is 0 Å². The number of hydrogen-bond donors (Lipinski definition) is 5. The minimum atomic E-state index is -0.388. The van der Waals surface area contributed by atoms with E-state index in [2.05, 4.69) is 53.9 Å². The lowest BCUT2D eigenvalue weighted by Crippen LogP contribution is -2.42. The van der Waals surface area contributed by atoms with Crippen molar-refractivity contribution in [2.45, 2.75) is 52.4 Å². The van der Waals surface area contributed by atoms with Crippen molar-refractivity contribution in [1.82, 2.24) is 35.5 Å². The van der Waals surface area contributed by atoms with Crippen molar-refractivity contribution in [2.24, 2.45) is 0 Å². The van der Waals surface area contributed by atoms with Crippen LogP contribution in [0, 0.1) is 0 Å². The molecule has 1 aliphatic heterocycles. The van der Waals surface area contributed by atoms with Gasteiger partial charge in [0.05, 0.1) is 13.1 Å². The largest absolute Gasteiger partial charge is 0.382 e. The molecule has 1 saturated heterocycles. The molecule has 0 atom stereocenters. The average Bonchev–Trinajstić information content (AvgIpc) is 3.47. The standard InChI is InChI=1S/C25H31N9O2/c1-3-33-18-6-5-15(24(35)30-16-7-10-27-11-8-16)13-19(18)34(4-2)20(33)14-29-25(36)21-22(26)32-23-17(31-21)9-12-28-23/h5-6,9,12-13,16,27H,3-4,7-8,10-11,14H2,1-2H3,(H4-,26,28,29,30,31,32,35,36)/p+1. The number of benzene rings is 1. The zero-order chi connectivity index (χ0) is 25.2. The summed E-state index contributed by atoms with van der Waals surface area (Å²) in [6.45, 7) is 7.63. The molecular weight excluding hydrogens is 458 g/mol. The van der Waals surface area contributed by atoms with Crippen LogP contribution in [0.4, 0.5) is 5.82 Å². The van der Waals surface area contributed by atoms with Gasteiger partial charge in [0.25, 0.3) is 17.6 Å². The maximum absolute atomic E-state index is 13.0. The van der Waals surface area contributed by atoms with E-state index < -0.39 is 0 Å². The lowest BCUT2D eigenvalue weighted by molar-refractivity contribution is -0.676. The van der Waals surface area contributed by atoms with E-state index in [0.29, 0.717) is 29.8 Å². The van der Waals surface area contributed by atoms with Crippen molar-refractivity contribution in [1.29, 1.82) is 0 Å². The number of nitrogens with zero attached hydrogens (tertiary/aromatic N) is 4. The van der Waals surface area contributed by atoms with E-state index in [1.807, 2.05) is 18.2 Å². The fourth-order valence-corrected chi connectivity index (χ4v) is 4.96. The molecule has 0 bridgehead atoms. The molecule has 3 aromatic heterocycles. The van der Waals surface area contributed by atoms with E-state index in [1.54, 1.807) is 12.3 Å². The molecule has 4 heterocycles. The number of nitrogens with two attached hydrogens (primary N) is 1. The van der Waals surface area contributed by atoms with Crippen LogP contribution < -0.4 is 26.3 Å². The Hall–Kier alpha value is -3.99. The van der Waals surface area contributed by atoms with E-state index >= 15 is 0 Å². The highest BCUT2D eigenvalue weighted by Crippen LogP contribution is 2.19. The van der Waals surface area contributed by atoms with Crippen molar-refractivity contribution >= 4 is 39.8 Å². The van der Waals surface area contributed by atoms with E-state index in [-0.39, 0.29) is 35.9 Å². The molecular formula is C25H32N9O2+. The number of imidazole rings is 1. The Kier molecular flexibility index (Phi) is 6.55. The molecule has 0 aliphatic carbocycles. The van der Waals surface area contributed by atoms with Gasteiger partial charge in [0.2, 0.25) is 0 Å². The Bertz CT molecular complexity index is 1430. The van der Waals surface area contributed by atoms with E-state index in [1.165, 1.54) is 0 Å². The lowest BCUT2D eigenvalue weighted by Gasteiger charge is -2.23. The van der Waals surface area contributed by atoms with Crippen LogP contribution in [0.5, 0.6) is 0 Å². The maximum Gasteiger partial charge on any atom is 0.277 e. The predicted molar refractivity (Wildman–Crippen MR) is 136 cm³/mol. The molecule has 188 valence electrons. The van der Waals surface area contributed by atoms with Gasteiger partial charge >= 0.3 is 0 Å². The van der Waals surface area contributed by atoms with Gasteiger partial charge in [-0.1, -0.05) is 0 Å². The van der Waals surface area contributed by atoms with Gasteiger partial charge in [-0.15, -0.1) is 0 Å². The fourth-order valence-electron chi connectivity index (χ4n) is 4.96. The van der Waals surface area contributed by atoms with E-state index in [4.69, 9.17) is 5.73 Å². The number of piperidine rings is 1. The first-order chi connectivity index (χ1) is 17.5. The highest BCUT2D eigenvalue weighted by Gasteiger charge is 2.26. The zero-order valence-electron chi connectivity index (χ0n) is 20.6. The molecule has 2 amide bonds. The van der Waals surface area contributed by atoms with Crippen molar-refractivity contribution in [3.05, 3.63) is 47.5 Å². The molecule has 11 nitrogen and oxygen atoms in total. The number of nitrogens with one attached hydrogen (secondary N) is 4. The molecule has 0 radical (unpaired) electrons. The number of fused-ring (bicyclic) bond motifs is 2. The maximum atomic E-state index is 13.0. The minimum Gasteiger partial charge on any atom is -0.382 e. The second-order valence-electron chi connectivity index (χ2n) is 8.96. The Morgan fingerprint density at radius 2 is 1.97 bits per heavy atom. The van der Waals surface area contributed by atoms with Crippen molar-refractivity contribution in [2.75, 3.05) is 18.8 Å². The number of carbonyl (C=O) groups is 2. The third-order valence-electron chi connectivity index (χ3n) is 6.78. The Labute approximate surface area is 208 Å². The third-order valence-corrected chi connectivity index (χ3v) is 6.78. The molecule has 1 aliphatic rings. The number of nitrogen functional groups attached to an aromatic ring is 1. The predicted octanol–water partition coefficient (Wildman–Crippen LogP) is 1.23. The molecule has 36 heavy (non-hydrogen) atoms. The van der Waals surface area contributed by atoms with Gasteiger partial charge in [-0.25, -0.2) is 19.1 Å². The molecule has 11 heteroatoms. The molecule has 0 unspecified atom stereocenters. The van der Waals surface area contributed by atoms with Gasteiger partial charge in [-0.2, -0.15) is 0 Å². The highest BCUT2D eigenvalue weighted by atomic mass is 16.2. The van der Waals surface area contributed by atoms with Gasteiger partial charge in [-0.3, -0.25) is 9.59 Å². The lowest BCUT2D eigenvalue weighted by atomic mass is 10.1.